The van der Waals surface area contributed by atoms with E-state index in [1.807, 2.05) is 0 Å². The first kappa shape index (κ1) is 107. The van der Waals surface area contributed by atoms with Gasteiger partial charge >= 0.3 is 119 Å². The highest BCUT2D eigenvalue weighted by Gasteiger charge is 3.00. The maximum atomic E-state index is 14.5. The van der Waals surface area contributed by atoms with Crippen molar-refractivity contribution in [3.05, 3.63) is 82.9 Å². The molecule has 0 saturated heterocycles. The van der Waals surface area contributed by atoms with Crippen LogP contribution in [0, 0.1) is 23.7 Å². The van der Waals surface area contributed by atoms with Crippen LogP contribution in [0.1, 0.15) is 151 Å². The second-order valence-electron chi connectivity index (χ2n) is 26.8. The van der Waals surface area contributed by atoms with Crippen LogP contribution in [0.2, 0.25) is 0 Å². The van der Waals surface area contributed by atoms with Crippen molar-refractivity contribution in [1.82, 2.24) is 0 Å². The Hall–Kier alpha value is -7.12. The summed E-state index contributed by atoms with van der Waals surface area (Å²) in [5.74, 6) is -143. The van der Waals surface area contributed by atoms with E-state index >= 15 is 0 Å². The van der Waals surface area contributed by atoms with Crippen LogP contribution in [0.3, 0.4) is 0 Å². The van der Waals surface area contributed by atoms with Gasteiger partial charge in [0.25, 0.3) is 0 Å². The maximum absolute atomic E-state index is 14.5. The first-order valence-electron chi connectivity index (χ1n) is 34.7. The number of hydrogen-bond acceptors (Lipinski definition) is 8. The lowest BCUT2D eigenvalue weighted by molar-refractivity contribution is -0.474. The van der Waals surface area contributed by atoms with E-state index in [9.17, 15) is 195 Å². The molecule has 0 amide bonds. The van der Waals surface area contributed by atoms with E-state index in [2.05, 4.69) is 23.7 Å². The summed E-state index contributed by atoms with van der Waals surface area (Å²) in [5.41, 5.74) is 0.913. The molecule has 120 heavy (non-hydrogen) atoms. The lowest BCUT2D eigenvalue weighted by Crippen LogP contribution is -2.76. The third-order valence-corrected chi connectivity index (χ3v) is 17.7. The van der Waals surface area contributed by atoms with Gasteiger partial charge in [0, 0.05) is 36.1 Å². The van der Waals surface area contributed by atoms with E-state index in [1.165, 1.54) is 60.7 Å². The summed E-state index contributed by atoms with van der Waals surface area (Å²) in [6, 6.07) is 14.5. The van der Waals surface area contributed by atoms with Crippen molar-refractivity contribution in [2.75, 3.05) is 39.6 Å². The van der Waals surface area contributed by atoms with E-state index in [0.29, 0.717) is 36.8 Å². The molecule has 2 unspecified atom stereocenters. The molecule has 0 fully saturated rings. The SMILES string of the molecule is OCC(O)COc1ccc(C#Cc2cc(OCCCCCCCCCCCC(F)(F)C(F)(F)C(F)(F)C(F)(F)C(F)(F)C(F)(F)C(F)(F)C(F)(F)C(F)(F)C(F)(F)F)c(C#Cc3ccc(OCC(O)CO)cc3)cc2OCCCCCCCCCCCC(F)(F)C(F)(F)C(F)(F)C(F)(F)C(F)(F)C(F)(F)C(F)(F)C(F)(F)C(F)(F)C(F)(F)F)cc1. The monoisotopic (exact) mass is 1830 g/mol. The first-order valence-corrected chi connectivity index (χ1v) is 34.7. The van der Waals surface area contributed by atoms with Crippen LogP contribution in [-0.2, 0) is 0 Å². The van der Waals surface area contributed by atoms with Crippen LogP contribution < -0.4 is 18.9 Å². The van der Waals surface area contributed by atoms with Gasteiger partial charge in [0.2, 0.25) is 0 Å². The number of hydrogen-bond donors (Lipinski definition) is 4. The third kappa shape index (κ3) is 22.0. The molecule has 0 radical (unpaired) electrons. The molecule has 3 aromatic rings. The zero-order valence-electron chi connectivity index (χ0n) is 60.6. The van der Waals surface area contributed by atoms with E-state index in [-0.39, 0.29) is 125 Å². The number of aliphatic hydroxyl groups excluding tert-OH is 4. The number of halogens is 42. The zero-order chi connectivity index (χ0) is 92.9. The predicted molar refractivity (Wildman–Crippen MR) is 333 cm³/mol. The van der Waals surface area contributed by atoms with E-state index < -0.39 is 183 Å². The van der Waals surface area contributed by atoms with Crippen LogP contribution in [0.15, 0.2) is 60.7 Å². The molecule has 3 aromatic carbocycles. The molecule has 4 N–H and O–H groups in total. The molecule has 0 aliphatic carbocycles. The van der Waals surface area contributed by atoms with Crippen molar-refractivity contribution in [1.29, 1.82) is 0 Å². The molecule has 50 heteroatoms. The molecule has 0 aliphatic rings. The second-order valence-corrected chi connectivity index (χ2v) is 26.8. The lowest BCUT2D eigenvalue weighted by Gasteiger charge is -2.44. The van der Waals surface area contributed by atoms with Crippen molar-refractivity contribution in [3.8, 4) is 46.7 Å². The average molecular weight is 1840 g/mol. The summed E-state index contributed by atoms with van der Waals surface area (Å²) in [4.78, 5) is 0. The van der Waals surface area contributed by atoms with Crippen molar-refractivity contribution < 1.29 is 224 Å². The van der Waals surface area contributed by atoms with Gasteiger partial charge in [0.05, 0.1) is 37.6 Å². The Kier molecular flexibility index (Phi) is 35.1. The van der Waals surface area contributed by atoms with E-state index in [0.717, 1.165) is 0 Å². The van der Waals surface area contributed by atoms with Crippen LogP contribution in [0.25, 0.3) is 0 Å². The third-order valence-electron chi connectivity index (χ3n) is 17.7. The van der Waals surface area contributed by atoms with Crippen molar-refractivity contribution in [2.45, 2.75) is 260 Å². The Morgan fingerprint density at radius 2 is 0.442 bits per heavy atom. The maximum Gasteiger partial charge on any atom is 0.460 e. The number of benzene rings is 3. The van der Waals surface area contributed by atoms with E-state index in [1.54, 1.807) is 0 Å². The van der Waals surface area contributed by atoms with Gasteiger partial charge in [-0.15, -0.1) is 0 Å². The fraction of sp³-hybridized carbons (Fsp3) is 0.686. The molecule has 2 atom stereocenters. The number of ether oxygens (including phenoxy) is 4. The van der Waals surface area contributed by atoms with Gasteiger partial charge in [0.1, 0.15) is 48.4 Å². The molecule has 0 heterocycles. The van der Waals surface area contributed by atoms with Crippen LogP contribution in [-0.4, -0.2) is 191 Å². The number of aliphatic hydroxyl groups is 4. The number of alkyl halides is 42. The minimum Gasteiger partial charge on any atom is -0.492 e. The highest BCUT2D eigenvalue weighted by atomic mass is 19.5. The van der Waals surface area contributed by atoms with Gasteiger partial charge in [-0.2, -0.15) is 184 Å². The van der Waals surface area contributed by atoms with Crippen molar-refractivity contribution in [3.63, 3.8) is 0 Å². The van der Waals surface area contributed by atoms with Gasteiger partial charge in [-0.25, -0.2) is 0 Å². The van der Waals surface area contributed by atoms with Gasteiger partial charge in [-0.1, -0.05) is 114 Å². The first-order chi connectivity index (χ1) is 54.2. The zero-order valence-corrected chi connectivity index (χ0v) is 60.6. The Bertz CT molecular complexity index is 3590. The Balaban J connectivity index is 1.75. The van der Waals surface area contributed by atoms with Crippen LogP contribution >= 0.6 is 0 Å². The normalized spacial score (nSPS) is 14.9. The van der Waals surface area contributed by atoms with E-state index in [4.69, 9.17) is 29.2 Å². The van der Waals surface area contributed by atoms with Crippen molar-refractivity contribution >= 4 is 0 Å². The molecule has 0 aromatic heterocycles. The predicted octanol–water partition coefficient (Wildman–Crippen LogP) is 23.1. The molecule has 0 aliphatic heterocycles. The Labute approximate surface area is 651 Å². The summed E-state index contributed by atoms with van der Waals surface area (Å²) in [7, 11) is 0. The van der Waals surface area contributed by atoms with Crippen LogP contribution in [0.5, 0.6) is 23.0 Å². The molecule has 690 valence electrons. The van der Waals surface area contributed by atoms with Gasteiger partial charge in [0.15, 0.2) is 0 Å². The smallest absolute Gasteiger partial charge is 0.460 e. The average Bonchev–Trinajstić information content (AvgIpc) is 0.690. The summed E-state index contributed by atoms with van der Waals surface area (Å²) in [6.07, 6.45) is -26.3. The summed E-state index contributed by atoms with van der Waals surface area (Å²) in [5, 5.41) is 37.5. The van der Waals surface area contributed by atoms with Crippen molar-refractivity contribution in [2.24, 2.45) is 0 Å². The second kappa shape index (κ2) is 39.4. The topological polar surface area (TPSA) is 118 Å². The molecule has 0 bridgehead atoms. The highest BCUT2D eigenvalue weighted by molar-refractivity contribution is 5.61. The molecular weight excluding hydrogens is 1770 g/mol. The number of unbranched alkanes of at least 4 members (excludes halogenated alkanes) is 16. The highest BCUT2D eigenvalue weighted by Crippen LogP contribution is 2.69. The fourth-order valence-corrected chi connectivity index (χ4v) is 10.3. The molecular formula is C70H68F42O8. The Morgan fingerprint density at radius 1 is 0.242 bits per heavy atom. The molecule has 0 spiro atoms. The van der Waals surface area contributed by atoms with Gasteiger partial charge in [-0.05, 0) is 74.2 Å². The van der Waals surface area contributed by atoms with Crippen LogP contribution in [0.4, 0.5) is 184 Å². The molecule has 0 saturated carbocycles. The minimum atomic E-state index is -9.29. The quantitative estimate of drug-likeness (QED) is 0.0251. The number of rotatable bonds is 50. The minimum absolute atomic E-state index is 0.0112. The van der Waals surface area contributed by atoms with Gasteiger partial charge < -0.3 is 39.4 Å². The standard InChI is InChI=1S/C70H68F42O8/c71-51(72,53(75,76)55(79,80)57(83,84)59(87,88)61(91,92)63(95,96)65(99,100)67(103,104)69(107,108)109)31-15-11-7-3-1-5-9-13-17-33-117-49-35-44(26-20-42-23-29-48(30-24-42)120-40-46(116)38-114)50(36-43(49)25-19-41-21-27-47(28-22-41)119-39-45(115)37-113)118-34-18-14-10-6-2-4-8-12-16-32-52(73,74)54(77,78)56(81,82)58(85,86)60(89,90)62(93,94)64(97,98)66(101,102)68(105,106)70(110,111)112/h21-24,27-30,35-36,45-46,113-116H,1-18,31-34,37-40H2. The molecule has 8 nitrogen and oxygen atoms in total. The van der Waals surface area contributed by atoms with Gasteiger partial charge in [-0.3, -0.25) is 0 Å². The lowest BCUT2D eigenvalue weighted by atomic mass is 9.85. The summed E-state index contributed by atoms with van der Waals surface area (Å²) in [6.45, 7) is -2.12. The Morgan fingerprint density at radius 3 is 0.658 bits per heavy atom. The molecule has 3 rings (SSSR count). The summed E-state index contributed by atoms with van der Waals surface area (Å²) < 4.78 is 603. The fourth-order valence-electron chi connectivity index (χ4n) is 10.3. The summed E-state index contributed by atoms with van der Waals surface area (Å²) >= 11 is 0. The largest absolute Gasteiger partial charge is 0.492 e.